The summed E-state index contributed by atoms with van der Waals surface area (Å²) in [5.74, 6) is 5.40. The summed E-state index contributed by atoms with van der Waals surface area (Å²) in [6.45, 7) is 2.01. The second-order valence-electron chi connectivity index (χ2n) is 4.48. The monoisotopic (exact) mass is 306 g/mol. The molecule has 0 aromatic heterocycles. The van der Waals surface area contributed by atoms with Crippen LogP contribution in [-0.4, -0.2) is 5.88 Å². The van der Waals surface area contributed by atoms with Crippen molar-refractivity contribution in [1.82, 2.24) is 0 Å². The zero-order chi connectivity index (χ0) is 15.2. The second-order valence-corrected chi connectivity index (χ2v) is 4.75. The fraction of sp³-hybridized carbons (Fsp3) is 0.176. The zero-order valence-corrected chi connectivity index (χ0v) is 12.2. The van der Waals surface area contributed by atoms with Crippen LogP contribution in [-0.2, 0) is 6.61 Å². The molecule has 0 bridgehead atoms. The predicted molar refractivity (Wildman–Crippen MR) is 79.5 cm³/mol. The van der Waals surface area contributed by atoms with Crippen molar-refractivity contribution in [3.8, 4) is 17.6 Å². The smallest absolute Gasteiger partial charge is 0.126 e. The number of hydrogen-bond acceptors (Lipinski definition) is 1. The van der Waals surface area contributed by atoms with E-state index in [1.54, 1.807) is 6.07 Å². The summed E-state index contributed by atoms with van der Waals surface area (Å²) in [6, 6.07) is 8.75. The van der Waals surface area contributed by atoms with Gasteiger partial charge in [0.2, 0.25) is 0 Å². The maximum Gasteiger partial charge on any atom is 0.126 e. The van der Waals surface area contributed by atoms with Crippen LogP contribution in [0.15, 0.2) is 36.4 Å². The van der Waals surface area contributed by atoms with E-state index < -0.39 is 11.6 Å². The lowest BCUT2D eigenvalue weighted by Gasteiger charge is -2.08. The molecule has 0 aliphatic heterocycles. The molecule has 1 nitrogen and oxygen atoms in total. The summed E-state index contributed by atoms with van der Waals surface area (Å²) in [4.78, 5) is 0. The van der Waals surface area contributed by atoms with Crippen molar-refractivity contribution in [2.24, 2.45) is 0 Å². The van der Waals surface area contributed by atoms with E-state index in [-0.39, 0.29) is 12.5 Å². The van der Waals surface area contributed by atoms with Gasteiger partial charge in [0.1, 0.15) is 24.0 Å². The molecule has 0 N–H and O–H groups in total. The third-order valence-corrected chi connectivity index (χ3v) is 2.95. The Labute approximate surface area is 127 Å². The van der Waals surface area contributed by atoms with Crippen molar-refractivity contribution in [3.63, 3.8) is 0 Å². The molecule has 0 radical (unpaired) electrons. The van der Waals surface area contributed by atoms with Gasteiger partial charge in [0, 0.05) is 11.6 Å². The highest BCUT2D eigenvalue weighted by Crippen LogP contribution is 2.18. The molecule has 108 valence electrons. The SMILES string of the molecule is Cc1cc(OCc2cc(F)cc(F)c2)ccc1C#CCCl. The highest BCUT2D eigenvalue weighted by molar-refractivity contribution is 6.19. The van der Waals surface area contributed by atoms with Crippen LogP contribution in [0.4, 0.5) is 8.78 Å². The molecule has 2 rings (SSSR count). The lowest BCUT2D eigenvalue weighted by atomic mass is 10.1. The van der Waals surface area contributed by atoms with E-state index in [2.05, 4.69) is 11.8 Å². The first-order valence-electron chi connectivity index (χ1n) is 6.32. The van der Waals surface area contributed by atoms with Crippen LogP contribution >= 0.6 is 11.6 Å². The van der Waals surface area contributed by atoms with Crippen LogP contribution in [0.25, 0.3) is 0 Å². The summed E-state index contributed by atoms with van der Waals surface area (Å²) in [6.07, 6.45) is 0. The van der Waals surface area contributed by atoms with Gasteiger partial charge in [0.05, 0.1) is 5.88 Å². The first-order valence-corrected chi connectivity index (χ1v) is 6.85. The largest absolute Gasteiger partial charge is 0.489 e. The normalized spacial score (nSPS) is 9.90. The van der Waals surface area contributed by atoms with Crippen molar-refractivity contribution < 1.29 is 13.5 Å². The van der Waals surface area contributed by atoms with Gasteiger partial charge in [-0.3, -0.25) is 0 Å². The first kappa shape index (κ1) is 15.3. The van der Waals surface area contributed by atoms with Crippen LogP contribution in [0.1, 0.15) is 16.7 Å². The number of aryl methyl sites for hydroxylation is 1. The fourth-order valence-corrected chi connectivity index (χ4v) is 1.92. The Morgan fingerprint density at radius 3 is 2.43 bits per heavy atom. The van der Waals surface area contributed by atoms with Crippen molar-refractivity contribution in [2.45, 2.75) is 13.5 Å². The second kappa shape index (κ2) is 7.10. The molecular weight excluding hydrogens is 294 g/mol. The van der Waals surface area contributed by atoms with Gasteiger partial charge in [-0.25, -0.2) is 8.78 Å². The molecule has 21 heavy (non-hydrogen) atoms. The van der Waals surface area contributed by atoms with E-state index >= 15 is 0 Å². The molecule has 2 aromatic rings. The van der Waals surface area contributed by atoms with Gasteiger partial charge in [-0.05, 0) is 48.4 Å². The van der Waals surface area contributed by atoms with E-state index in [1.807, 2.05) is 19.1 Å². The van der Waals surface area contributed by atoms with E-state index in [9.17, 15) is 8.78 Å². The van der Waals surface area contributed by atoms with Crippen LogP contribution in [0.2, 0.25) is 0 Å². The average molecular weight is 307 g/mol. The van der Waals surface area contributed by atoms with Gasteiger partial charge in [-0.2, -0.15) is 0 Å². The molecule has 0 aliphatic carbocycles. The van der Waals surface area contributed by atoms with Gasteiger partial charge >= 0.3 is 0 Å². The van der Waals surface area contributed by atoms with Gasteiger partial charge in [-0.15, -0.1) is 11.6 Å². The third-order valence-electron chi connectivity index (χ3n) is 2.82. The Kier molecular flexibility index (Phi) is 5.19. The predicted octanol–water partition coefficient (Wildman–Crippen LogP) is 4.44. The number of benzene rings is 2. The van der Waals surface area contributed by atoms with Gasteiger partial charge in [0.25, 0.3) is 0 Å². The molecule has 0 spiro atoms. The molecule has 0 amide bonds. The number of halogens is 3. The van der Waals surface area contributed by atoms with Crippen molar-refractivity contribution >= 4 is 11.6 Å². The first-order chi connectivity index (χ1) is 10.1. The molecule has 4 heteroatoms. The number of ether oxygens (including phenoxy) is 1. The Morgan fingerprint density at radius 1 is 1.10 bits per heavy atom. The molecule has 0 atom stereocenters. The molecular formula is C17H13ClF2O. The summed E-state index contributed by atoms with van der Waals surface area (Å²) in [5, 5.41) is 0. The Morgan fingerprint density at radius 2 is 1.81 bits per heavy atom. The Balaban J connectivity index is 2.08. The Hall–Kier alpha value is -2.05. The molecule has 0 aliphatic rings. The standard InChI is InChI=1S/C17H13ClF2O/c1-12-7-17(5-4-14(12)3-2-6-18)21-11-13-8-15(19)10-16(20)9-13/h4-5,7-10H,6,11H2,1H3. The van der Waals surface area contributed by atoms with Crippen LogP contribution in [0, 0.1) is 30.4 Å². The minimum Gasteiger partial charge on any atom is -0.489 e. The average Bonchev–Trinajstić information content (AvgIpc) is 2.43. The van der Waals surface area contributed by atoms with Gasteiger partial charge in [0.15, 0.2) is 0 Å². The van der Waals surface area contributed by atoms with E-state index in [0.29, 0.717) is 11.3 Å². The maximum absolute atomic E-state index is 13.1. The molecule has 0 saturated carbocycles. The minimum absolute atomic E-state index is 0.0980. The summed E-state index contributed by atoms with van der Waals surface area (Å²) >= 11 is 5.52. The van der Waals surface area contributed by atoms with Crippen molar-refractivity contribution in [1.29, 1.82) is 0 Å². The van der Waals surface area contributed by atoms with E-state index in [4.69, 9.17) is 16.3 Å². The lowest BCUT2D eigenvalue weighted by Crippen LogP contribution is -1.98. The minimum atomic E-state index is -0.614. The van der Waals surface area contributed by atoms with Gasteiger partial charge < -0.3 is 4.74 Å². The molecule has 0 heterocycles. The van der Waals surface area contributed by atoms with E-state index in [1.165, 1.54) is 12.1 Å². The molecule has 0 unspecified atom stereocenters. The lowest BCUT2D eigenvalue weighted by molar-refractivity contribution is 0.304. The maximum atomic E-state index is 13.1. The fourth-order valence-electron chi connectivity index (χ4n) is 1.86. The zero-order valence-electron chi connectivity index (χ0n) is 11.4. The number of alkyl halides is 1. The Bertz CT molecular complexity index is 681. The molecule has 0 saturated heterocycles. The van der Waals surface area contributed by atoms with Gasteiger partial charge in [-0.1, -0.05) is 11.8 Å². The molecule has 0 fully saturated rings. The van der Waals surface area contributed by atoms with Crippen molar-refractivity contribution in [3.05, 3.63) is 64.7 Å². The highest BCUT2D eigenvalue weighted by atomic mass is 35.5. The van der Waals surface area contributed by atoms with Crippen LogP contribution < -0.4 is 4.74 Å². The topological polar surface area (TPSA) is 9.23 Å². The van der Waals surface area contributed by atoms with Crippen molar-refractivity contribution in [2.75, 3.05) is 5.88 Å². The number of rotatable bonds is 3. The summed E-state index contributed by atoms with van der Waals surface area (Å²) in [7, 11) is 0. The third kappa shape index (κ3) is 4.47. The number of hydrogen-bond donors (Lipinski definition) is 0. The quantitative estimate of drug-likeness (QED) is 0.601. The van der Waals surface area contributed by atoms with Crippen LogP contribution in [0.5, 0.6) is 5.75 Å². The summed E-state index contributed by atoms with van der Waals surface area (Å²) < 4.78 is 31.7. The molecule has 2 aromatic carbocycles. The van der Waals surface area contributed by atoms with E-state index in [0.717, 1.165) is 17.2 Å². The van der Waals surface area contributed by atoms with Crippen LogP contribution in [0.3, 0.4) is 0 Å². The highest BCUT2D eigenvalue weighted by Gasteiger charge is 2.03. The summed E-state index contributed by atoms with van der Waals surface area (Å²) in [5.41, 5.74) is 2.27.